The molecular weight excluding hydrogens is 306 g/mol. The number of aliphatic hydroxyl groups excluding tert-OH is 1. The molecule has 1 aromatic rings. The van der Waals surface area contributed by atoms with Gasteiger partial charge in [-0.15, -0.1) is 0 Å². The van der Waals surface area contributed by atoms with Crippen molar-refractivity contribution >= 4 is 17.6 Å². The van der Waals surface area contributed by atoms with E-state index < -0.39 is 6.04 Å². The van der Waals surface area contributed by atoms with Crippen LogP contribution in [0.25, 0.3) is 0 Å². The zero-order chi connectivity index (χ0) is 17.3. The molecule has 0 bridgehead atoms. The molecule has 0 spiro atoms. The number of nitrogens with one attached hydrogen (secondary N) is 1. The summed E-state index contributed by atoms with van der Waals surface area (Å²) in [6, 6.07) is 7.03. The number of benzene rings is 1. The van der Waals surface area contributed by atoms with Crippen molar-refractivity contribution in [3.8, 4) is 0 Å². The number of carbonyl (C=O) groups excluding carboxylic acids is 2. The SMILES string of the molecule is CC[C@H](C)[C@H]1C(=O)Nc2ccccc2CN1C(=O)N1CC(CO)C1. The van der Waals surface area contributed by atoms with Gasteiger partial charge in [-0.3, -0.25) is 4.79 Å². The third-order valence-corrected chi connectivity index (χ3v) is 5.13. The molecule has 0 saturated carbocycles. The lowest BCUT2D eigenvalue weighted by molar-refractivity contribution is -0.122. The first-order chi connectivity index (χ1) is 11.5. The van der Waals surface area contributed by atoms with E-state index in [1.807, 2.05) is 38.1 Å². The number of nitrogens with zero attached hydrogens (tertiary/aromatic N) is 2. The molecule has 1 fully saturated rings. The Labute approximate surface area is 142 Å². The fraction of sp³-hybridized carbons (Fsp3) is 0.556. The Bertz CT molecular complexity index is 628. The summed E-state index contributed by atoms with van der Waals surface area (Å²) < 4.78 is 0. The monoisotopic (exact) mass is 331 g/mol. The van der Waals surface area contributed by atoms with E-state index in [1.54, 1.807) is 9.80 Å². The molecule has 6 nitrogen and oxygen atoms in total. The van der Waals surface area contributed by atoms with E-state index in [0.29, 0.717) is 19.6 Å². The molecule has 1 aromatic carbocycles. The zero-order valence-corrected chi connectivity index (χ0v) is 14.2. The standard InChI is InChI=1S/C18H25N3O3/c1-3-12(2)16-17(23)19-15-7-5-4-6-14(15)10-21(16)18(24)20-8-13(9-20)11-22/h4-7,12-13,16,22H,3,8-11H2,1-2H3,(H,19,23)/t12-,16-/m0/s1. The van der Waals surface area contributed by atoms with Gasteiger partial charge >= 0.3 is 6.03 Å². The van der Waals surface area contributed by atoms with E-state index in [1.165, 1.54) is 0 Å². The fourth-order valence-corrected chi connectivity index (χ4v) is 3.41. The van der Waals surface area contributed by atoms with E-state index in [0.717, 1.165) is 17.7 Å². The van der Waals surface area contributed by atoms with E-state index in [4.69, 9.17) is 0 Å². The van der Waals surface area contributed by atoms with Crippen molar-refractivity contribution in [2.45, 2.75) is 32.9 Å². The van der Waals surface area contributed by atoms with Crippen LogP contribution in [0.4, 0.5) is 10.5 Å². The summed E-state index contributed by atoms with van der Waals surface area (Å²) in [7, 11) is 0. The molecule has 2 heterocycles. The minimum Gasteiger partial charge on any atom is -0.396 e. The maximum absolute atomic E-state index is 13.0. The smallest absolute Gasteiger partial charge is 0.321 e. The molecule has 0 aromatic heterocycles. The Morgan fingerprint density at radius 1 is 1.38 bits per heavy atom. The molecule has 0 aliphatic carbocycles. The lowest BCUT2D eigenvalue weighted by Crippen LogP contribution is -2.59. The number of para-hydroxylation sites is 1. The number of carbonyl (C=O) groups is 2. The second-order valence-electron chi connectivity index (χ2n) is 6.84. The number of amides is 3. The highest BCUT2D eigenvalue weighted by Gasteiger charge is 2.41. The molecular formula is C18H25N3O3. The van der Waals surface area contributed by atoms with Crippen molar-refractivity contribution in [3.05, 3.63) is 29.8 Å². The third-order valence-electron chi connectivity index (χ3n) is 5.13. The average Bonchev–Trinajstić information content (AvgIpc) is 2.68. The molecule has 2 atom stereocenters. The van der Waals surface area contributed by atoms with Gasteiger partial charge in [0.05, 0.1) is 6.54 Å². The molecule has 6 heteroatoms. The number of likely N-dealkylation sites (tertiary alicyclic amines) is 1. The second kappa shape index (κ2) is 6.81. The van der Waals surface area contributed by atoms with Crippen molar-refractivity contribution in [2.24, 2.45) is 11.8 Å². The van der Waals surface area contributed by atoms with Crippen molar-refractivity contribution < 1.29 is 14.7 Å². The molecule has 0 radical (unpaired) electrons. The number of urea groups is 1. The Balaban J connectivity index is 1.89. The second-order valence-corrected chi connectivity index (χ2v) is 6.84. The van der Waals surface area contributed by atoms with Gasteiger partial charge in [-0.1, -0.05) is 38.5 Å². The van der Waals surface area contributed by atoms with Gasteiger partial charge in [0.15, 0.2) is 0 Å². The van der Waals surface area contributed by atoms with Crippen LogP contribution in [0.15, 0.2) is 24.3 Å². The first-order valence-corrected chi connectivity index (χ1v) is 8.60. The van der Waals surface area contributed by atoms with Crippen LogP contribution in [-0.2, 0) is 11.3 Å². The Morgan fingerprint density at radius 3 is 2.75 bits per heavy atom. The molecule has 1 saturated heterocycles. The van der Waals surface area contributed by atoms with E-state index in [2.05, 4.69) is 5.32 Å². The predicted octanol–water partition coefficient (Wildman–Crippen LogP) is 1.90. The number of fused-ring (bicyclic) bond motifs is 1. The topological polar surface area (TPSA) is 72.9 Å². The Kier molecular flexibility index (Phi) is 4.76. The maximum atomic E-state index is 13.0. The van der Waals surface area contributed by atoms with Gasteiger partial charge in [-0.2, -0.15) is 0 Å². The van der Waals surface area contributed by atoms with Crippen LogP contribution < -0.4 is 5.32 Å². The van der Waals surface area contributed by atoms with Crippen LogP contribution in [0.5, 0.6) is 0 Å². The molecule has 2 aliphatic rings. The van der Waals surface area contributed by atoms with Gasteiger partial charge in [0, 0.05) is 31.3 Å². The van der Waals surface area contributed by atoms with E-state index >= 15 is 0 Å². The van der Waals surface area contributed by atoms with E-state index in [-0.39, 0.29) is 30.4 Å². The molecule has 24 heavy (non-hydrogen) atoms. The highest BCUT2D eigenvalue weighted by atomic mass is 16.3. The van der Waals surface area contributed by atoms with Crippen LogP contribution in [0.2, 0.25) is 0 Å². The predicted molar refractivity (Wildman–Crippen MR) is 91.4 cm³/mol. The normalized spacial score (nSPS) is 22.3. The molecule has 2 aliphatic heterocycles. The van der Waals surface area contributed by atoms with Crippen LogP contribution >= 0.6 is 0 Å². The maximum Gasteiger partial charge on any atom is 0.321 e. The summed E-state index contributed by atoms with van der Waals surface area (Å²) in [5.74, 6) is 0.101. The molecule has 0 unspecified atom stereocenters. The van der Waals surface area contributed by atoms with Gasteiger partial charge in [0.25, 0.3) is 0 Å². The number of rotatable bonds is 3. The molecule has 2 N–H and O–H groups in total. The van der Waals surface area contributed by atoms with E-state index in [9.17, 15) is 14.7 Å². The highest BCUT2D eigenvalue weighted by molar-refractivity contribution is 5.98. The zero-order valence-electron chi connectivity index (χ0n) is 14.2. The average molecular weight is 331 g/mol. The number of anilines is 1. The summed E-state index contributed by atoms with van der Waals surface area (Å²) in [6.45, 7) is 5.67. The largest absolute Gasteiger partial charge is 0.396 e. The van der Waals surface area contributed by atoms with Crippen molar-refractivity contribution in [2.75, 3.05) is 25.0 Å². The Morgan fingerprint density at radius 2 is 2.08 bits per heavy atom. The van der Waals surface area contributed by atoms with Crippen molar-refractivity contribution in [1.29, 1.82) is 0 Å². The van der Waals surface area contributed by atoms with Gasteiger partial charge in [0.2, 0.25) is 5.91 Å². The number of aliphatic hydroxyl groups is 1. The summed E-state index contributed by atoms with van der Waals surface area (Å²) in [5.41, 5.74) is 1.73. The van der Waals surface area contributed by atoms with Crippen LogP contribution in [0, 0.1) is 11.8 Å². The van der Waals surface area contributed by atoms with Gasteiger partial charge < -0.3 is 20.2 Å². The summed E-state index contributed by atoms with van der Waals surface area (Å²) in [4.78, 5) is 29.2. The van der Waals surface area contributed by atoms with Crippen LogP contribution in [0.1, 0.15) is 25.8 Å². The number of hydrogen-bond donors (Lipinski definition) is 2. The van der Waals surface area contributed by atoms with Crippen LogP contribution in [-0.4, -0.2) is 52.6 Å². The fourth-order valence-electron chi connectivity index (χ4n) is 3.41. The first-order valence-electron chi connectivity index (χ1n) is 8.60. The summed E-state index contributed by atoms with van der Waals surface area (Å²) >= 11 is 0. The Hall–Kier alpha value is -2.08. The number of hydrogen-bond acceptors (Lipinski definition) is 3. The molecule has 3 rings (SSSR count). The third kappa shape index (κ3) is 2.98. The van der Waals surface area contributed by atoms with Gasteiger partial charge in [0.1, 0.15) is 6.04 Å². The van der Waals surface area contributed by atoms with Gasteiger partial charge in [-0.25, -0.2) is 4.79 Å². The first kappa shape index (κ1) is 16.8. The lowest BCUT2D eigenvalue weighted by atomic mass is 9.96. The minimum atomic E-state index is -0.483. The van der Waals surface area contributed by atoms with Gasteiger partial charge in [-0.05, 0) is 17.5 Å². The summed E-state index contributed by atoms with van der Waals surface area (Å²) in [5, 5.41) is 12.2. The van der Waals surface area contributed by atoms with Crippen molar-refractivity contribution in [3.63, 3.8) is 0 Å². The quantitative estimate of drug-likeness (QED) is 0.888. The lowest BCUT2D eigenvalue weighted by Gasteiger charge is -2.43. The molecule has 130 valence electrons. The molecule has 3 amide bonds. The van der Waals surface area contributed by atoms with Crippen molar-refractivity contribution in [1.82, 2.24) is 9.80 Å². The highest BCUT2D eigenvalue weighted by Crippen LogP contribution is 2.29. The minimum absolute atomic E-state index is 0.0678. The summed E-state index contributed by atoms with van der Waals surface area (Å²) in [6.07, 6.45) is 0.817. The van der Waals surface area contributed by atoms with Crippen LogP contribution in [0.3, 0.4) is 0 Å².